The number of nitrogens with zero attached hydrogens (tertiary/aromatic N) is 1. The quantitative estimate of drug-likeness (QED) is 0.604. The van der Waals surface area contributed by atoms with Crippen molar-refractivity contribution in [3.8, 4) is 0 Å². The van der Waals surface area contributed by atoms with Gasteiger partial charge >= 0.3 is 0 Å². The first-order valence-corrected chi connectivity index (χ1v) is 13.8. The predicted molar refractivity (Wildman–Crippen MR) is 122 cm³/mol. The van der Waals surface area contributed by atoms with Crippen molar-refractivity contribution in [3.05, 3.63) is 71.0 Å². The molecule has 0 spiro atoms. The number of piperidine rings is 1. The van der Waals surface area contributed by atoms with Gasteiger partial charge in [-0.15, -0.1) is 0 Å². The summed E-state index contributed by atoms with van der Waals surface area (Å²) >= 11 is 0. The van der Waals surface area contributed by atoms with Gasteiger partial charge < -0.3 is 19.8 Å². The van der Waals surface area contributed by atoms with Gasteiger partial charge in [-0.1, -0.05) is 30.3 Å². The highest BCUT2D eigenvalue weighted by atomic mass is 28.4. The molecule has 1 aromatic heterocycles. The van der Waals surface area contributed by atoms with Gasteiger partial charge in [-0.05, 0) is 61.2 Å². The van der Waals surface area contributed by atoms with E-state index in [0.717, 1.165) is 42.6 Å². The average Bonchev–Trinajstić information content (AvgIpc) is 3.14. The van der Waals surface area contributed by atoms with E-state index in [1.807, 2.05) is 42.3 Å². The lowest BCUT2D eigenvalue weighted by atomic mass is 9.88. The molecular weight excluding hydrogens is 392 g/mol. The lowest BCUT2D eigenvalue weighted by molar-refractivity contribution is 0.0715. The number of amides is 1. The first-order valence-electron chi connectivity index (χ1n) is 10.7. The Balaban J connectivity index is 1.49. The summed E-state index contributed by atoms with van der Waals surface area (Å²) in [5, 5.41) is 0.841. The Morgan fingerprint density at radius 1 is 1.17 bits per heavy atom. The van der Waals surface area contributed by atoms with Crippen molar-refractivity contribution in [2.75, 3.05) is 13.1 Å². The molecule has 6 heteroatoms. The number of likely N-dealkylation sites (tertiary alicyclic amines) is 1. The summed E-state index contributed by atoms with van der Waals surface area (Å²) in [4.78, 5) is 25.5. The smallest absolute Gasteiger partial charge is 0.254 e. The van der Waals surface area contributed by atoms with Crippen molar-refractivity contribution in [2.24, 2.45) is 5.73 Å². The van der Waals surface area contributed by atoms with Crippen LogP contribution in [0.3, 0.4) is 0 Å². The lowest BCUT2D eigenvalue weighted by Gasteiger charge is -2.32. The zero-order chi connectivity index (χ0) is 21.3. The van der Waals surface area contributed by atoms with E-state index in [9.17, 15) is 9.59 Å². The minimum atomic E-state index is -2.28. The topological polar surface area (TPSA) is 79.7 Å². The number of carbonyl (C=O) groups excluding carboxylic acids is 1. The monoisotopic (exact) mass is 422 g/mol. The maximum atomic E-state index is 13.3. The molecule has 0 saturated carbocycles. The molecule has 0 atom stereocenters. The lowest BCUT2D eigenvalue weighted by Crippen LogP contribution is -2.38. The van der Waals surface area contributed by atoms with E-state index < -0.39 is 8.32 Å². The summed E-state index contributed by atoms with van der Waals surface area (Å²) in [5.74, 6) is 1.28. The minimum absolute atomic E-state index is 0.0580. The highest BCUT2D eigenvalue weighted by Crippen LogP contribution is 2.31. The fourth-order valence-corrected chi connectivity index (χ4v) is 5.40. The highest BCUT2D eigenvalue weighted by Gasteiger charge is 2.27. The molecule has 0 bridgehead atoms. The van der Waals surface area contributed by atoms with Gasteiger partial charge in [0.15, 0.2) is 8.32 Å². The normalized spacial score (nSPS) is 15.7. The van der Waals surface area contributed by atoms with E-state index in [4.69, 9.17) is 10.2 Å². The third-order valence-corrected chi connectivity index (χ3v) is 7.10. The van der Waals surface area contributed by atoms with E-state index in [1.165, 1.54) is 5.56 Å². The van der Waals surface area contributed by atoms with Crippen LogP contribution in [0, 0.1) is 0 Å². The van der Waals surface area contributed by atoms with Gasteiger partial charge in [-0.3, -0.25) is 4.79 Å². The predicted octanol–water partition coefficient (Wildman–Crippen LogP) is 4.19. The molecule has 158 valence electrons. The Bertz CT molecular complexity index is 1050. The van der Waals surface area contributed by atoms with E-state index in [0.29, 0.717) is 29.7 Å². The van der Waals surface area contributed by atoms with E-state index >= 15 is 0 Å². The van der Waals surface area contributed by atoms with Gasteiger partial charge in [0.2, 0.25) is 0 Å². The maximum absolute atomic E-state index is 13.3. The number of benzene rings is 2. The van der Waals surface area contributed by atoms with Gasteiger partial charge in [0.25, 0.3) is 5.91 Å². The number of fused-ring (bicyclic) bond motifs is 1. The highest BCUT2D eigenvalue weighted by molar-refractivity contribution is 6.69. The third kappa shape index (κ3) is 4.51. The van der Waals surface area contributed by atoms with Crippen LogP contribution in [0.4, 0.5) is 0 Å². The fraction of sp³-hybridized carbons (Fsp3) is 0.375. The fourth-order valence-electron chi connectivity index (χ4n) is 4.37. The largest absolute Gasteiger partial charge is 0.461 e. The molecule has 1 aliphatic heterocycles. The van der Waals surface area contributed by atoms with Crippen molar-refractivity contribution in [3.63, 3.8) is 0 Å². The first-order chi connectivity index (χ1) is 14.3. The Labute approximate surface area is 178 Å². The van der Waals surface area contributed by atoms with Crippen LogP contribution in [0.2, 0.25) is 13.1 Å². The van der Waals surface area contributed by atoms with Gasteiger partial charge in [-0.25, -0.2) is 0 Å². The van der Waals surface area contributed by atoms with Crippen molar-refractivity contribution in [1.82, 2.24) is 4.90 Å². The number of carbonyl (C=O) groups is 1. The number of hydrogen-bond acceptors (Lipinski definition) is 4. The molecule has 1 amide bonds. The van der Waals surface area contributed by atoms with Crippen molar-refractivity contribution in [1.29, 1.82) is 0 Å². The number of hydrogen-bond donors (Lipinski definition) is 2. The molecular formula is C24H30N2O3Si. The Morgan fingerprint density at radius 3 is 2.60 bits per heavy atom. The summed E-state index contributed by atoms with van der Waals surface area (Å²) in [7, 11) is -2.28. The van der Waals surface area contributed by atoms with Crippen LogP contribution in [0.15, 0.2) is 52.9 Å². The molecule has 0 aliphatic carbocycles. The molecule has 3 aromatic rings. The average molecular weight is 423 g/mol. The van der Waals surface area contributed by atoms with Crippen LogP contribution in [0.1, 0.15) is 46.0 Å². The van der Waals surface area contributed by atoms with E-state index in [1.54, 1.807) is 0 Å². The molecule has 2 heterocycles. The minimum Gasteiger partial charge on any atom is -0.461 e. The second-order valence-corrected chi connectivity index (χ2v) is 12.9. The van der Waals surface area contributed by atoms with Crippen molar-refractivity contribution < 1.29 is 14.0 Å². The van der Waals surface area contributed by atoms with Crippen LogP contribution < -0.4 is 5.73 Å². The molecule has 1 aliphatic rings. The molecule has 0 unspecified atom stereocenters. The van der Waals surface area contributed by atoms with Crippen LogP contribution in [-0.2, 0) is 12.6 Å². The number of nitrogens with two attached hydrogens (primary N) is 1. The van der Waals surface area contributed by atoms with Gasteiger partial charge in [0, 0.05) is 31.1 Å². The van der Waals surface area contributed by atoms with Crippen LogP contribution in [0.5, 0.6) is 0 Å². The Hall–Kier alpha value is -2.41. The molecule has 30 heavy (non-hydrogen) atoms. The van der Waals surface area contributed by atoms with Crippen LogP contribution >= 0.6 is 0 Å². The second-order valence-electron chi connectivity index (χ2n) is 8.93. The summed E-state index contributed by atoms with van der Waals surface area (Å²) in [6.07, 6.45) is 1.91. The van der Waals surface area contributed by atoms with E-state index in [2.05, 4.69) is 24.3 Å². The molecule has 1 saturated heterocycles. The molecule has 4 rings (SSSR count). The first kappa shape index (κ1) is 20.8. The summed E-state index contributed by atoms with van der Waals surface area (Å²) in [6.45, 7) is 5.82. The Kier molecular flexibility index (Phi) is 5.82. The van der Waals surface area contributed by atoms with Gasteiger partial charge in [0.1, 0.15) is 11.3 Å². The molecule has 3 N–H and O–H groups in total. The maximum Gasteiger partial charge on any atom is 0.254 e. The van der Waals surface area contributed by atoms with E-state index in [-0.39, 0.29) is 5.91 Å². The van der Waals surface area contributed by atoms with Crippen molar-refractivity contribution in [2.45, 2.75) is 44.4 Å². The Morgan fingerprint density at radius 2 is 1.90 bits per heavy atom. The summed E-state index contributed by atoms with van der Waals surface area (Å²) < 4.78 is 5.91. The molecule has 5 nitrogen and oxygen atoms in total. The van der Waals surface area contributed by atoms with Crippen molar-refractivity contribution >= 4 is 25.2 Å². The molecule has 1 fully saturated rings. The SMILES string of the molecule is C[Si](C)(O)Cc1cc2c(C(=O)N3CCC(c4cccc(CN)c4)CC3)cccc2o1. The standard InChI is InChI=1S/C24H30N2O3Si/c1-30(2,28)16-20-14-22-21(7-4-8-23(22)29-20)24(27)26-11-9-18(10-12-26)19-6-3-5-17(13-19)15-25/h3-8,13-14,18,28H,9-12,15-16,25H2,1-2H3. The molecule has 2 aromatic carbocycles. The van der Waals surface area contributed by atoms with Crippen LogP contribution in [0.25, 0.3) is 11.0 Å². The number of furan rings is 1. The second kappa shape index (κ2) is 8.38. The van der Waals surface area contributed by atoms with Gasteiger partial charge in [-0.2, -0.15) is 0 Å². The number of rotatable bonds is 5. The molecule has 0 radical (unpaired) electrons. The zero-order valence-electron chi connectivity index (χ0n) is 17.7. The van der Waals surface area contributed by atoms with Gasteiger partial charge in [0.05, 0.1) is 5.56 Å². The van der Waals surface area contributed by atoms with Crippen LogP contribution in [-0.4, -0.2) is 37.0 Å². The zero-order valence-corrected chi connectivity index (χ0v) is 18.7. The summed E-state index contributed by atoms with van der Waals surface area (Å²) in [6, 6.07) is 16.6. The summed E-state index contributed by atoms with van der Waals surface area (Å²) in [5.41, 5.74) is 9.65. The third-order valence-electron chi connectivity index (χ3n) is 5.89.